The fraction of sp³-hybridized carbons (Fsp3) is 0.600. The highest BCUT2D eigenvalue weighted by Crippen LogP contribution is 2.21. The molecule has 0 aliphatic carbocycles. The molecule has 0 aliphatic heterocycles. The molecular formula is C10H18N2O2S2. The fourth-order valence-corrected chi connectivity index (χ4v) is 3.88. The standard InChI is InChI=1S/C10H18N2O2S2/c1-8(2)6-12-16(13,14)10-4-5-15-9(10)7-11-3/h4-5,8,11-12H,6-7H2,1-3H3. The van der Waals surface area contributed by atoms with Gasteiger partial charge in [0.15, 0.2) is 0 Å². The van der Waals surface area contributed by atoms with Gasteiger partial charge in [0.25, 0.3) is 0 Å². The minimum absolute atomic E-state index is 0.307. The summed E-state index contributed by atoms with van der Waals surface area (Å²) in [6, 6.07) is 1.65. The van der Waals surface area contributed by atoms with Crippen LogP contribution in [0.25, 0.3) is 0 Å². The van der Waals surface area contributed by atoms with Crippen LogP contribution in [-0.2, 0) is 16.6 Å². The molecule has 0 unspecified atom stereocenters. The molecule has 0 aromatic carbocycles. The fourth-order valence-electron chi connectivity index (χ4n) is 1.21. The third kappa shape index (κ3) is 3.55. The summed E-state index contributed by atoms with van der Waals surface area (Å²) in [6.07, 6.45) is 0. The number of rotatable bonds is 6. The minimum Gasteiger partial charge on any atom is -0.315 e. The summed E-state index contributed by atoms with van der Waals surface area (Å²) >= 11 is 1.45. The number of nitrogens with one attached hydrogen (secondary N) is 2. The highest BCUT2D eigenvalue weighted by molar-refractivity contribution is 7.89. The van der Waals surface area contributed by atoms with Gasteiger partial charge < -0.3 is 5.32 Å². The lowest BCUT2D eigenvalue weighted by Crippen LogP contribution is -2.28. The molecule has 0 saturated carbocycles. The van der Waals surface area contributed by atoms with E-state index in [-0.39, 0.29) is 0 Å². The lowest BCUT2D eigenvalue weighted by Gasteiger charge is -2.09. The quantitative estimate of drug-likeness (QED) is 0.815. The largest absolute Gasteiger partial charge is 0.315 e. The van der Waals surface area contributed by atoms with E-state index in [4.69, 9.17) is 0 Å². The normalized spacial score (nSPS) is 12.2. The van der Waals surface area contributed by atoms with E-state index < -0.39 is 10.0 Å². The van der Waals surface area contributed by atoms with Crippen molar-refractivity contribution in [1.82, 2.24) is 10.0 Å². The van der Waals surface area contributed by atoms with Crippen molar-refractivity contribution >= 4 is 21.4 Å². The molecule has 0 spiro atoms. The Morgan fingerprint density at radius 1 is 1.44 bits per heavy atom. The van der Waals surface area contributed by atoms with Crippen LogP contribution < -0.4 is 10.0 Å². The van der Waals surface area contributed by atoms with Crippen molar-refractivity contribution in [3.05, 3.63) is 16.3 Å². The lowest BCUT2D eigenvalue weighted by molar-refractivity contribution is 0.559. The molecule has 0 fully saturated rings. The van der Waals surface area contributed by atoms with Crippen LogP contribution >= 0.6 is 11.3 Å². The van der Waals surface area contributed by atoms with E-state index in [2.05, 4.69) is 10.0 Å². The molecule has 1 aromatic rings. The molecule has 0 radical (unpaired) electrons. The summed E-state index contributed by atoms with van der Waals surface area (Å²) in [5, 5.41) is 4.77. The smallest absolute Gasteiger partial charge is 0.241 e. The minimum atomic E-state index is -3.34. The third-order valence-corrected chi connectivity index (χ3v) is 4.57. The van der Waals surface area contributed by atoms with Gasteiger partial charge in [-0.1, -0.05) is 13.8 Å². The van der Waals surface area contributed by atoms with Crippen LogP contribution in [0.5, 0.6) is 0 Å². The molecule has 0 atom stereocenters. The van der Waals surface area contributed by atoms with Crippen molar-refractivity contribution in [3.63, 3.8) is 0 Å². The Morgan fingerprint density at radius 3 is 2.69 bits per heavy atom. The first-order valence-corrected chi connectivity index (χ1v) is 7.54. The van der Waals surface area contributed by atoms with E-state index in [9.17, 15) is 8.42 Å². The van der Waals surface area contributed by atoms with Crippen LogP contribution in [0, 0.1) is 5.92 Å². The van der Waals surface area contributed by atoms with E-state index in [0.717, 1.165) is 4.88 Å². The summed E-state index contributed by atoms with van der Waals surface area (Å²) < 4.78 is 26.5. The monoisotopic (exact) mass is 262 g/mol. The second-order valence-corrected chi connectivity index (χ2v) is 6.72. The van der Waals surface area contributed by atoms with Gasteiger partial charge in [-0.2, -0.15) is 0 Å². The summed E-state index contributed by atoms with van der Waals surface area (Å²) in [4.78, 5) is 1.24. The number of hydrogen-bond acceptors (Lipinski definition) is 4. The van der Waals surface area contributed by atoms with E-state index in [1.54, 1.807) is 18.5 Å². The third-order valence-electron chi connectivity index (χ3n) is 2.01. The van der Waals surface area contributed by atoms with Gasteiger partial charge in [0.2, 0.25) is 10.0 Å². The first-order chi connectivity index (χ1) is 7.47. The molecule has 0 amide bonds. The molecule has 16 heavy (non-hydrogen) atoms. The van der Waals surface area contributed by atoms with E-state index in [0.29, 0.717) is 23.9 Å². The summed E-state index contributed by atoms with van der Waals surface area (Å²) in [5.41, 5.74) is 0. The molecule has 1 aromatic heterocycles. The molecule has 1 rings (SSSR count). The van der Waals surface area contributed by atoms with Crippen molar-refractivity contribution in [1.29, 1.82) is 0 Å². The molecule has 0 saturated heterocycles. The van der Waals surface area contributed by atoms with Crippen molar-refractivity contribution in [2.45, 2.75) is 25.3 Å². The van der Waals surface area contributed by atoms with Gasteiger partial charge in [-0.05, 0) is 24.4 Å². The van der Waals surface area contributed by atoms with E-state index in [1.165, 1.54) is 11.3 Å². The van der Waals surface area contributed by atoms with Crippen LogP contribution in [-0.4, -0.2) is 22.0 Å². The molecule has 92 valence electrons. The first kappa shape index (κ1) is 13.6. The van der Waals surface area contributed by atoms with Crippen LogP contribution in [0.2, 0.25) is 0 Å². The van der Waals surface area contributed by atoms with E-state index >= 15 is 0 Å². The zero-order valence-corrected chi connectivity index (χ0v) is 11.4. The zero-order valence-electron chi connectivity index (χ0n) is 9.78. The summed E-state index contributed by atoms with van der Waals surface area (Å²) in [5.74, 6) is 0.307. The van der Waals surface area contributed by atoms with Crippen molar-refractivity contribution in [2.75, 3.05) is 13.6 Å². The Bertz CT molecular complexity index is 424. The van der Waals surface area contributed by atoms with Crippen molar-refractivity contribution in [3.8, 4) is 0 Å². The maximum Gasteiger partial charge on any atom is 0.241 e. The van der Waals surface area contributed by atoms with E-state index in [1.807, 2.05) is 13.8 Å². The summed E-state index contributed by atoms with van der Waals surface area (Å²) in [7, 11) is -1.54. The van der Waals surface area contributed by atoms with Crippen LogP contribution in [0.15, 0.2) is 16.3 Å². The van der Waals surface area contributed by atoms with Gasteiger partial charge in [-0.15, -0.1) is 11.3 Å². The highest BCUT2D eigenvalue weighted by Gasteiger charge is 2.19. The Hall–Kier alpha value is -0.430. The van der Waals surface area contributed by atoms with Crippen LogP contribution in [0.3, 0.4) is 0 Å². The molecular weight excluding hydrogens is 244 g/mol. The Morgan fingerprint density at radius 2 is 2.12 bits per heavy atom. The van der Waals surface area contributed by atoms with Crippen molar-refractivity contribution < 1.29 is 8.42 Å². The van der Waals surface area contributed by atoms with Gasteiger partial charge in [0, 0.05) is 18.0 Å². The van der Waals surface area contributed by atoms with Gasteiger partial charge in [-0.3, -0.25) is 0 Å². The predicted molar refractivity (Wildman–Crippen MR) is 67.1 cm³/mol. The van der Waals surface area contributed by atoms with Gasteiger partial charge >= 0.3 is 0 Å². The summed E-state index contributed by atoms with van der Waals surface area (Å²) in [6.45, 7) is 5.00. The average molecular weight is 262 g/mol. The van der Waals surface area contributed by atoms with Gasteiger partial charge in [0.1, 0.15) is 0 Å². The van der Waals surface area contributed by atoms with Gasteiger partial charge in [0.05, 0.1) is 4.90 Å². The molecule has 2 N–H and O–H groups in total. The number of sulfonamides is 1. The second-order valence-electron chi connectivity index (χ2n) is 3.98. The lowest BCUT2D eigenvalue weighted by atomic mass is 10.2. The van der Waals surface area contributed by atoms with Crippen molar-refractivity contribution in [2.24, 2.45) is 5.92 Å². The Kier molecular flexibility index (Phi) is 4.91. The molecule has 4 nitrogen and oxygen atoms in total. The maximum atomic E-state index is 12.0. The predicted octanol–water partition coefficient (Wildman–Crippen LogP) is 1.40. The Labute approximate surface area is 101 Å². The zero-order chi connectivity index (χ0) is 12.2. The molecule has 0 bridgehead atoms. The van der Waals surface area contributed by atoms with Gasteiger partial charge in [-0.25, -0.2) is 13.1 Å². The number of thiophene rings is 1. The molecule has 0 aliphatic rings. The molecule has 6 heteroatoms. The topological polar surface area (TPSA) is 58.2 Å². The Balaban J connectivity index is 2.85. The molecule has 1 heterocycles. The van der Waals surface area contributed by atoms with Crippen LogP contribution in [0.4, 0.5) is 0 Å². The average Bonchev–Trinajstić information content (AvgIpc) is 2.64. The maximum absolute atomic E-state index is 12.0. The highest BCUT2D eigenvalue weighted by atomic mass is 32.2. The van der Waals surface area contributed by atoms with Crippen LogP contribution in [0.1, 0.15) is 18.7 Å². The first-order valence-electron chi connectivity index (χ1n) is 5.18. The number of hydrogen-bond donors (Lipinski definition) is 2. The second kappa shape index (κ2) is 5.77. The SMILES string of the molecule is CNCc1sccc1S(=O)(=O)NCC(C)C.